The van der Waals surface area contributed by atoms with Gasteiger partial charge in [0.15, 0.2) is 11.7 Å². The smallest absolute Gasteiger partial charge is 0.443 e. The maximum absolute atomic E-state index is 13.2. The second kappa shape index (κ2) is 6.28. The predicted octanol–water partition coefficient (Wildman–Crippen LogP) is -0.0527. The zero-order valence-electron chi connectivity index (χ0n) is 9.42. The van der Waals surface area contributed by atoms with Crippen LogP contribution in [0.5, 0.6) is 0 Å². The lowest BCUT2D eigenvalue weighted by molar-refractivity contribution is -0.167. The molecule has 1 heterocycles. The predicted molar refractivity (Wildman–Crippen MR) is 57.6 cm³/mol. The van der Waals surface area contributed by atoms with Crippen molar-refractivity contribution in [3.8, 4) is 0 Å². The first-order chi connectivity index (χ1) is 8.56. The summed E-state index contributed by atoms with van der Waals surface area (Å²) in [5, 5.41) is 3.10. The second-order valence-electron chi connectivity index (χ2n) is 2.91. The van der Waals surface area contributed by atoms with Gasteiger partial charge in [0.05, 0.1) is 6.61 Å². The van der Waals surface area contributed by atoms with E-state index in [4.69, 9.17) is 5.73 Å². The lowest BCUT2D eigenvalue weighted by Gasteiger charge is -2.01. The van der Waals surface area contributed by atoms with E-state index in [9.17, 15) is 14.0 Å². The number of ether oxygens (including phenoxy) is 1. The zero-order chi connectivity index (χ0) is 13.5. The van der Waals surface area contributed by atoms with Gasteiger partial charge in [-0.15, -0.1) is 0 Å². The third-order valence-corrected chi connectivity index (χ3v) is 1.67. The van der Waals surface area contributed by atoms with Crippen molar-refractivity contribution in [3.63, 3.8) is 0 Å². The summed E-state index contributed by atoms with van der Waals surface area (Å²) in [4.78, 5) is 29.6. The SMILES string of the molecule is CCOC(=O)C(=O)O/N=C(\N)c1ncccc1F. The van der Waals surface area contributed by atoms with Crippen LogP contribution in [0.1, 0.15) is 12.6 Å². The quantitative estimate of drug-likeness (QED) is 0.203. The Kier molecular flexibility index (Phi) is 4.73. The molecule has 7 nitrogen and oxygen atoms in total. The zero-order valence-corrected chi connectivity index (χ0v) is 9.42. The highest BCUT2D eigenvalue weighted by Crippen LogP contribution is 2.02. The molecule has 0 saturated heterocycles. The number of pyridine rings is 1. The Hall–Kier alpha value is -2.51. The summed E-state index contributed by atoms with van der Waals surface area (Å²) < 4.78 is 17.5. The van der Waals surface area contributed by atoms with Gasteiger partial charge < -0.3 is 15.3 Å². The number of oxime groups is 1. The minimum atomic E-state index is -1.35. The molecule has 0 bridgehead atoms. The Morgan fingerprint density at radius 2 is 2.22 bits per heavy atom. The van der Waals surface area contributed by atoms with Gasteiger partial charge in [-0.05, 0) is 19.1 Å². The van der Waals surface area contributed by atoms with Crippen LogP contribution in [-0.2, 0) is 19.2 Å². The normalized spacial score (nSPS) is 10.9. The number of carbonyl (C=O) groups is 2. The standard InChI is InChI=1S/C10H10FN3O4/c1-2-17-9(15)10(16)18-14-8(12)7-6(11)4-3-5-13-7/h3-5H,2H2,1H3,(H2,12,14). The van der Waals surface area contributed by atoms with Gasteiger partial charge in [-0.25, -0.2) is 19.0 Å². The topological polar surface area (TPSA) is 104 Å². The maximum atomic E-state index is 13.2. The lowest BCUT2D eigenvalue weighted by atomic mass is 10.3. The molecule has 0 aliphatic carbocycles. The molecule has 0 radical (unpaired) electrons. The van der Waals surface area contributed by atoms with Gasteiger partial charge in [-0.1, -0.05) is 5.16 Å². The third kappa shape index (κ3) is 3.51. The van der Waals surface area contributed by atoms with Crippen molar-refractivity contribution in [2.75, 3.05) is 6.61 Å². The Bertz CT molecular complexity index is 490. The summed E-state index contributed by atoms with van der Waals surface area (Å²) in [6.07, 6.45) is 1.29. The van der Waals surface area contributed by atoms with E-state index in [1.54, 1.807) is 0 Å². The number of aromatic nitrogens is 1. The number of nitrogens with two attached hydrogens (primary N) is 1. The number of hydrogen-bond acceptors (Lipinski definition) is 6. The van der Waals surface area contributed by atoms with Crippen molar-refractivity contribution < 1.29 is 23.6 Å². The van der Waals surface area contributed by atoms with E-state index in [1.165, 1.54) is 19.2 Å². The van der Waals surface area contributed by atoms with Gasteiger partial charge >= 0.3 is 11.9 Å². The Balaban J connectivity index is 2.71. The number of halogens is 1. The molecule has 2 N–H and O–H groups in total. The van der Waals surface area contributed by atoms with Gasteiger partial charge in [-0.2, -0.15) is 0 Å². The van der Waals surface area contributed by atoms with E-state index in [0.717, 1.165) is 6.07 Å². The Morgan fingerprint density at radius 3 is 2.83 bits per heavy atom. The first-order valence-corrected chi connectivity index (χ1v) is 4.88. The molecule has 0 fully saturated rings. The molecule has 0 aliphatic rings. The maximum Gasteiger partial charge on any atom is 0.443 e. The van der Waals surface area contributed by atoms with Crippen molar-refractivity contribution in [2.45, 2.75) is 6.92 Å². The van der Waals surface area contributed by atoms with E-state index in [-0.39, 0.29) is 12.3 Å². The van der Waals surface area contributed by atoms with E-state index >= 15 is 0 Å². The molecule has 1 rings (SSSR count). The summed E-state index contributed by atoms with van der Waals surface area (Å²) in [6.45, 7) is 1.54. The number of amidine groups is 1. The van der Waals surface area contributed by atoms with Crippen molar-refractivity contribution >= 4 is 17.8 Å². The van der Waals surface area contributed by atoms with Crippen LogP contribution in [0.15, 0.2) is 23.5 Å². The molecule has 1 aromatic heterocycles. The van der Waals surface area contributed by atoms with E-state index in [2.05, 4.69) is 19.7 Å². The van der Waals surface area contributed by atoms with Crippen LogP contribution >= 0.6 is 0 Å². The minimum absolute atomic E-state index is 0.0159. The fourth-order valence-electron chi connectivity index (χ4n) is 0.935. The average Bonchev–Trinajstić information content (AvgIpc) is 2.36. The van der Waals surface area contributed by atoms with Gasteiger partial charge in [0.2, 0.25) is 0 Å². The number of esters is 1. The highest BCUT2D eigenvalue weighted by atomic mass is 19.1. The molecule has 0 spiro atoms. The molecule has 0 unspecified atom stereocenters. The van der Waals surface area contributed by atoms with Crippen molar-refractivity contribution in [1.29, 1.82) is 0 Å². The van der Waals surface area contributed by atoms with Crippen LogP contribution in [0.2, 0.25) is 0 Å². The van der Waals surface area contributed by atoms with E-state index < -0.39 is 23.6 Å². The molecule has 8 heteroatoms. The number of hydrogen-bond donors (Lipinski definition) is 1. The summed E-state index contributed by atoms with van der Waals surface area (Å²) >= 11 is 0. The van der Waals surface area contributed by atoms with Gasteiger partial charge in [0, 0.05) is 6.20 Å². The number of carbonyl (C=O) groups excluding carboxylic acids is 2. The van der Waals surface area contributed by atoms with Crippen molar-refractivity contribution in [1.82, 2.24) is 4.98 Å². The number of rotatable bonds is 3. The molecule has 1 aromatic rings. The molecule has 96 valence electrons. The van der Waals surface area contributed by atoms with Crippen LogP contribution in [0, 0.1) is 5.82 Å². The highest BCUT2D eigenvalue weighted by molar-refractivity contribution is 6.29. The molecular weight excluding hydrogens is 245 g/mol. The minimum Gasteiger partial charge on any atom is -0.458 e. The lowest BCUT2D eigenvalue weighted by Crippen LogP contribution is -2.22. The van der Waals surface area contributed by atoms with E-state index in [1.807, 2.05) is 0 Å². The summed E-state index contributed by atoms with van der Waals surface area (Å²) in [6, 6.07) is 2.47. The second-order valence-corrected chi connectivity index (χ2v) is 2.91. The molecule has 0 atom stereocenters. The summed E-state index contributed by atoms with van der Waals surface area (Å²) in [5.41, 5.74) is 5.05. The molecule has 18 heavy (non-hydrogen) atoms. The molecule has 0 aliphatic heterocycles. The van der Waals surface area contributed by atoms with Crippen molar-refractivity contribution in [3.05, 3.63) is 29.8 Å². The first-order valence-electron chi connectivity index (χ1n) is 4.88. The van der Waals surface area contributed by atoms with Crippen LogP contribution in [-0.4, -0.2) is 29.4 Å². The molecule has 0 aromatic carbocycles. The van der Waals surface area contributed by atoms with Crippen molar-refractivity contribution in [2.24, 2.45) is 10.9 Å². The van der Waals surface area contributed by atoms with Gasteiger partial charge in [-0.3, -0.25) is 0 Å². The van der Waals surface area contributed by atoms with E-state index in [0.29, 0.717) is 0 Å². The Morgan fingerprint density at radius 1 is 1.50 bits per heavy atom. The number of nitrogens with zero attached hydrogens (tertiary/aromatic N) is 2. The summed E-state index contributed by atoms with van der Waals surface area (Å²) in [7, 11) is 0. The largest absolute Gasteiger partial charge is 0.458 e. The van der Waals surface area contributed by atoms with Gasteiger partial charge in [0.25, 0.3) is 0 Å². The molecule has 0 saturated carbocycles. The summed E-state index contributed by atoms with van der Waals surface area (Å²) in [5.74, 6) is -3.76. The third-order valence-electron chi connectivity index (χ3n) is 1.67. The Labute approximate surface area is 101 Å². The molecule has 0 amide bonds. The van der Waals surface area contributed by atoms with Gasteiger partial charge in [0.1, 0.15) is 5.69 Å². The van der Waals surface area contributed by atoms with Crippen LogP contribution in [0.4, 0.5) is 4.39 Å². The average molecular weight is 255 g/mol. The van der Waals surface area contributed by atoms with Crippen LogP contribution in [0.25, 0.3) is 0 Å². The van der Waals surface area contributed by atoms with Crippen LogP contribution < -0.4 is 5.73 Å². The highest BCUT2D eigenvalue weighted by Gasteiger charge is 2.17. The fourth-order valence-corrected chi connectivity index (χ4v) is 0.935. The van der Waals surface area contributed by atoms with Crippen LogP contribution in [0.3, 0.4) is 0 Å². The fraction of sp³-hybridized carbons (Fsp3) is 0.200. The first kappa shape index (κ1) is 13.6. The monoisotopic (exact) mass is 255 g/mol. The molecular formula is C10H10FN3O4.